The minimum Gasteiger partial charge on any atom is -0.364 e. The summed E-state index contributed by atoms with van der Waals surface area (Å²) < 4.78 is 28.2. The molecule has 2 aliphatic rings. The van der Waals surface area contributed by atoms with Gasteiger partial charge < -0.3 is 15.6 Å². The summed E-state index contributed by atoms with van der Waals surface area (Å²) in [4.78, 5) is 11.4. The smallest absolute Gasteiger partial charge is 0.265 e. The van der Waals surface area contributed by atoms with Gasteiger partial charge in [0, 0.05) is 26.3 Å². The molecule has 0 aromatic carbocycles. The third-order valence-electron chi connectivity index (χ3n) is 4.23. The van der Waals surface area contributed by atoms with Crippen LogP contribution in [0.4, 0.5) is 0 Å². The lowest BCUT2D eigenvalue weighted by Gasteiger charge is -2.16. The number of primary amides is 1. The van der Waals surface area contributed by atoms with Gasteiger partial charge in [0.15, 0.2) is 0 Å². The van der Waals surface area contributed by atoms with Crippen molar-refractivity contribution in [2.45, 2.75) is 4.90 Å². The second kappa shape index (κ2) is 4.57. The molecule has 20 heavy (non-hydrogen) atoms. The summed E-state index contributed by atoms with van der Waals surface area (Å²) in [5.41, 5.74) is 5.42. The summed E-state index contributed by atoms with van der Waals surface area (Å²) in [6, 6.07) is 1.35. The predicted molar refractivity (Wildman–Crippen MR) is 72.5 cm³/mol. The molecule has 0 saturated carbocycles. The van der Waals surface area contributed by atoms with Gasteiger partial charge in [-0.1, -0.05) is 0 Å². The van der Waals surface area contributed by atoms with E-state index in [1.165, 1.54) is 21.1 Å². The van der Waals surface area contributed by atoms with E-state index < -0.39 is 15.9 Å². The van der Waals surface area contributed by atoms with Gasteiger partial charge in [0.1, 0.15) is 10.6 Å². The molecule has 3 N–H and O–H groups in total. The quantitative estimate of drug-likeness (QED) is 0.745. The summed E-state index contributed by atoms with van der Waals surface area (Å²) >= 11 is 0. The largest absolute Gasteiger partial charge is 0.364 e. The number of carbonyl (C=O) groups is 1. The molecular weight excluding hydrogens is 280 g/mol. The van der Waals surface area contributed by atoms with Crippen LogP contribution < -0.4 is 11.1 Å². The molecule has 0 spiro atoms. The Hall–Kier alpha value is -1.38. The van der Waals surface area contributed by atoms with Crippen LogP contribution in [0.25, 0.3) is 0 Å². The highest BCUT2D eigenvalue weighted by Gasteiger charge is 2.41. The summed E-state index contributed by atoms with van der Waals surface area (Å²) in [6.07, 6.45) is 1.45. The van der Waals surface area contributed by atoms with Crippen LogP contribution >= 0.6 is 0 Å². The van der Waals surface area contributed by atoms with Gasteiger partial charge in [-0.3, -0.25) is 4.79 Å². The topological polar surface area (TPSA) is 97.4 Å². The number of nitrogens with zero attached hydrogens (tertiary/aromatic N) is 2. The van der Waals surface area contributed by atoms with E-state index >= 15 is 0 Å². The maximum absolute atomic E-state index is 12.6. The van der Waals surface area contributed by atoms with Crippen molar-refractivity contribution in [3.8, 4) is 0 Å². The number of aromatic nitrogens is 1. The second-order valence-corrected chi connectivity index (χ2v) is 7.47. The van der Waals surface area contributed by atoms with Crippen LogP contribution in [0.5, 0.6) is 0 Å². The van der Waals surface area contributed by atoms with Crippen LogP contribution in [0, 0.1) is 11.8 Å². The van der Waals surface area contributed by atoms with Crippen LogP contribution in [0.3, 0.4) is 0 Å². The Morgan fingerprint density at radius 3 is 2.45 bits per heavy atom. The standard InChI is InChI=1S/C12H18N4O3S/c1-15-7-10(2-11(15)12(13)17)20(18,19)16-5-8-3-14-4-9(8)6-16/h2,7-9,14H,3-6H2,1H3,(H2,13,17). The zero-order valence-corrected chi connectivity index (χ0v) is 12.1. The van der Waals surface area contributed by atoms with E-state index in [0.717, 1.165) is 13.1 Å². The summed E-state index contributed by atoms with van der Waals surface area (Å²) in [7, 11) is -1.93. The van der Waals surface area contributed by atoms with Crippen LogP contribution in [0.2, 0.25) is 0 Å². The lowest BCUT2D eigenvalue weighted by atomic mass is 10.0. The van der Waals surface area contributed by atoms with Crippen molar-refractivity contribution in [2.75, 3.05) is 26.2 Å². The molecule has 7 nitrogen and oxygen atoms in total. The SMILES string of the molecule is Cn1cc(S(=O)(=O)N2CC3CNCC3C2)cc1C(N)=O. The summed E-state index contributed by atoms with van der Waals surface area (Å²) in [5, 5.41) is 3.28. The first-order valence-electron chi connectivity index (χ1n) is 6.56. The zero-order valence-electron chi connectivity index (χ0n) is 11.2. The molecule has 2 aliphatic heterocycles. The van der Waals surface area contributed by atoms with Crippen molar-refractivity contribution >= 4 is 15.9 Å². The Morgan fingerprint density at radius 2 is 1.95 bits per heavy atom. The highest BCUT2D eigenvalue weighted by Crippen LogP contribution is 2.31. The Labute approximate surface area is 117 Å². The first-order valence-corrected chi connectivity index (χ1v) is 8.00. The van der Waals surface area contributed by atoms with Gasteiger partial charge >= 0.3 is 0 Å². The van der Waals surface area contributed by atoms with E-state index in [1.807, 2.05) is 0 Å². The molecule has 0 aliphatic carbocycles. The number of carbonyl (C=O) groups excluding carboxylic acids is 1. The molecule has 1 aromatic rings. The van der Waals surface area contributed by atoms with E-state index in [2.05, 4.69) is 5.32 Å². The lowest BCUT2D eigenvalue weighted by molar-refractivity contribution is 0.0992. The minimum atomic E-state index is -3.54. The van der Waals surface area contributed by atoms with E-state index in [4.69, 9.17) is 5.73 Å². The minimum absolute atomic E-state index is 0.140. The molecule has 1 aromatic heterocycles. The number of amides is 1. The van der Waals surface area contributed by atoms with Gasteiger partial charge in [0.25, 0.3) is 5.91 Å². The maximum atomic E-state index is 12.6. The molecular formula is C12H18N4O3S. The Balaban J connectivity index is 1.89. The number of aryl methyl sites for hydroxylation is 1. The van der Waals surface area contributed by atoms with Gasteiger partial charge in [0.2, 0.25) is 10.0 Å². The third kappa shape index (κ3) is 2.04. The number of rotatable bonds is 3. The van der Waals surface area contributed by atoms with Crippen molar-refractivity contribution in [3.05, 3.63) is 18.0 Å². The molecule has 3 rings (SSSR count). The van der Waals surface area contributed by atoms with E-state index in [1.54, 1.807) is 7.05 Å². The van der Waals surface area contributed by atoms with Gasteiger partial charge in [-0.25, -0.2) is 8.42 Å². The van der Waals surface area contributed by atoms with Crippen molar-refractivity contribution in [2.24, 2.45) is 24.6 Å². The first kappa shape index (κ1) is 13.6. The summed E-state index contributed by atoms with van der Waals surface area (Å²) in [5.74, 6) is 0.157. The van der Waals surface area contributed by atoms with Crippen LogP contribution in [-0.4, -0.2) is 49.4 Å². The number of fused-ring (bicyclic) bond motifs is 1. The Morgan fingerprint density at radius 1 is 1.35 bits per heavy atom. The molecule has 2 unspecified atom stereocenters. The van der Waals surface area contributed by atoms with E-state index in [9.17, 15) is 13.2 Å². The molecule has 2 saturated heterocycles. The third-order valence-corrected chi connectivity index (χ3v) is 6.02. The molecule has 1 amide bonds. The monoisotopic (exact) mass is 298 g/mol. The maximum Gasteiger partial charge on any atom is 0.265 e. The van der Waals surface area contributed by atoms with Crippen LogP contribution in [0.15, 0.2) is 17.2 Å². The molecule has 8 heteroatoms. The molecule has 110 valence electrons. The molecule has 2 atom stereocenters. The van der Waals surface area contributed by atoms with Crippen molar-refractivity contribution in [3.63, 3.8) is 0 Å². The Bertz CT molecular complexity index is 640. The zero-order chi connectivity index (χ0) is 14.5. The number of sulfonamides is 1. The van der Waals surface area contributed by atoms with Crippen molar-refractivity contribution < 1.29 is 13.2 Å². The number of nitrogens with two attached hydrogens (primary N) is 1. The lowest BCUT2D eigenvalue weighted by Crippen LogP contribution is -2.31. The van der Waals surface area contributed by atoms with Gasteiger partial charge in [0.05, 0.1) is 0 Å². The number of nitrogens with one attached hydrogen (secondary N) is 1. The Kier molecular flexibility index (Phi) is 3.11. The average molecular weight is 298 g/mol. The first-order chi connectivity index (χ1) is 9.39. The normalized spacial score (nSPS) is 26.9. The molecule has 2 fully saturated rings. The van der Waals surface area contributed by atoms with Gasteiger partial charge in [-0.05, 0) is 31.0 Å². The molecule has 0 bridgehead atoms. The highest BCUT2D eigenvalue weighted by molar-refractivity contribution is 7.89. The van der Waals surface area contributed by atoms with Gasteiger partial charge in [-0.15, -0.1) is 0 Å². The van der Waals surface area contributed by atoms with Crippen LogP contribution in [-0.2, 0) is 17.1 Å². The fraction of sp³-hybridized carbons (Fsp3) is 0.583. The predicted octanol–water partition coefficient (Wildman–Crippen LogP) is -1.04. The highest BCUT2D eigenvalue weighted by atomic mass is 32.2. The van der Waals surface area contributed by atoms with Gasteiger partial charge in [-0.2, -0.15) is 4.31 Å². The number of hydrogen-bond donors (Lipinski definition) is 2. The fourth-order valence-corrected chi connectivity index (χ4v) is 4.70. The molecule has 0 radical (unpaired) electrons. The van der Waals surface area contributed by atoms with Crippen molar-refractivity contribution in [1.29, 1.82) is 0 Å². The van der Waals surface area contributed by atoms with E-state index in [0.29, 0.717) is 24.9 Å². The van der Waals surface area contributed by atoms with Crippen molar-refractivity contribution in [1.82, 2.24) is 14.2 Å². The second-order valence-electron chi connectivity index (χ2n) is 5.54. The fourth-order valence-electron chi connectivity index (χ4n) is 3.08. The summed E-state index contributed by atoms with van der Waals surface area (Å²) in [6.45, 7) is 2.83. The average Bonchev–Trinajstić information content (AvgIpc) is 3.00. The van der Waals surface area contributed by atoms with Crippen LogP contribution in [0.1, 0.15) is 10.5 Å². The molecule has 3 heterocycles. The van der Waals surface area contributed by atoms with E-state index in [-0.39, 0.29) is 10.6 Å². The number of hydrogen-bond acceptors (Lipinski definition) is 4.